The molecule has 4 aliphatic rings. The summed E-state index contributed by atoms with van der Waals surface area (Å²) in [6, 6.07) is 2.67. The van der Waals surface area contributed by atoms with Crippen LogP contribution in [-0.4, -0.2) is 102 Å². The monoisotopic (exact) mass is 517 g/mol. The molecule has 3 aliphatic heterocycles. The Kier molecular flexibility index (Phi) is 7.26. The molecule has 0 radical (unpaired) electrons. The fraction of sp³-hybridized carbons (Fsp3) is 0.857. The Hall–Kier alpha value is -1.84. The second-order valence-corrected chi connectivity index (χ2v) is 13.4. The van der Waals surface area contributed by atoms with Gasteiger partial charge in [-0.2, -0.15) is 5.10 Å². The molecule has 0 N–H and O–H groups in total. The van der Waals surface area contributed by atoms with Gasteiger partial charge in [0, 0.05) is 62.0 Å². The van der Waals surface area contributed by atoms with E-state index >= 15 is 0 Å². The van der Waals surface area contributed by atoms with Crippen LogP contribution in [0, 0.1) is 12.3 Å². The van der Waals surface area contributed by atoms with Crippen LogP contribution >= 0.6 is 0 Å². The van der Waals surface area contributed by atoms with Gasteiger partial charge in [0.1, 0.15) is 5.60 Å². The molecule has 37 heavy (non-hydrogen) atoms. The van der Waals surface area contributed by atoms with Crippen molar-refractivity contribution in [1.82, 2.24) is 19.6 Å². The van der Waals surface area contributed by atoms with Gasteiger partial charge in [0.05, 0.1) is 32.0 Å². The van der Waals surface area contributed by atoms with Crippen molar-refractivity contribution in [2.45, 2.75) is 90.5 Å². The minimum absolute atomic E-state index is 0.00374. The zero-order valence-electron chi connectivity index (χ0n) is 23.8. The second kappa shape index (κ2) is 10.0. The normalized spacial score (nSPS) is 26.2. The van der Waals surface area contributed by atoms with Gasteiger partial charge in [-0.05, 0) is 67.2 Å². The molecule has 9 heteroatoms. The molecule has 5 rings (SSSR count). The number of rotatable bonds is 6. The van der Waals surface area contributed by atoms with Crippen molar-refractivity contribution in [1.29, 1.82) is 0 Å². The summed E-state index contributed by atoms with van der Waals surface area (Å²) in [5, 5.41) is 5.10. The van der Waals surface area contributed by atoms with Gasteiger partial charge >= 0.3 is 6.09 Å². The largest absolute Gasteiger partial charge is 0.444 e. The molecule has 9 nitrogen and oxygen atoms in total. The van der Waals surface area contributed by atoms with Crippen LogP contribution in [0.3, 0.4) is 0 Å². The van der Waals surface area contributed by atoms with Gasteiger partial charge in [-0.3, -0.25) is 9.58 Å². The van der Waals surface area contributed by atoms with Crippen molar-refractivity contribution < 1.29 is 19.0 Å². The lowest BCUT2D eigenvalue weighted by molar-refractivity contribution is -0.0930. The molecule has 208 valence electrons. The number of likely N-dealkylation sites (tertiary alicyclic amines) is 1. The minimum Gasteiger partial charge on any atom is -0.444 e. The van der Waals surface area contributed by atoms with Crippen molar-refractivity contribution in [2.24, 2.45) is 5.41 Å². The van der Waals surface area contributed by atoms with Crippen molar-refractivity contribution in [3.63, 3.8) is 0 Å². The highest BCUT2D eigenvalue weighted by Crippen LogP contribution is 2.54. The Balaban J connectivity index is 1.10. The topological polar surface area (TPSA) is 72.3 Å². The van der Waals surface area contributed by atoms with E-state index in [1.165, 1.54) is 5.69 Å². The summed E-state index contributed by atoms with van der Waals surface area (Å²) in [4.78, 5) is 19.1. The Morgan fingerprint density at radius 2 is 1.84 bits per heavy atom. The smallest absolute Gasteiger partial charge is 0.410 e. The standard InChI is InChI=1S/C28H47N5O4/c1-21-15-24(29-33(21)22-16-28(17-22)19-31(20-28)25(34)37-26(2,3)4)32-8-7-23(18-27(32,5)6)36-14-11-30-9-12-35-13-10-30/h15,22-23H,7-14,16-20H2,1-6H3/t23-/m0/s1. The summed E-state index contributed by atoms with van der Waals surface area (Å²) in [7, 11) is 0. The van der Waals surface area contributed by atoms with Gasteiger partial charge in [0.2, 0.25) is 0 Å². The third-order valence-corrected chi connectivity index (χ3v) is 8.57. The lowest BCUT2D eigenvalue weighted by Gasteiger charge is -2.58. The maximum atomic E-state index is 12.3. The number of anilines is 1. The predicted octanol–water partition coefficient (Wildman–Crippen LogP) is 3.86. The Bertz CT molecular complexity index is 950. The van der Waals surface area contributed by atoms with E-state index in [1.54, 1.807) is 0 Å². The Labute approximate surface area is 222 Å². The number of morpholine rings is 1. The third kappa shape index (κ3) is 5.93. The first-order valence-corrected chi connectivity index (χ1v) is 14.2. The van der Waals surface area contributed by atoms with Crippen LogP contribution < -0.4 is 4.90 Å². The molecule has 1 spiro atoms. The quantitative estimate of drug-likeness (QED) is 0.567. The van der Waals surface area contributed by atoms with Crippen LogP contribution in [0.25, 0.3) is 0 Å². The van der Waals surface area contributed by atoms with Crippen molar-refractivity contribution in [3.8, 4) is 0 Å². The van der Waals surface area contributed by atoms with E-state index in [0.717, 1.165) is 90.6 Å². The van der Waals surface area contributed by atoms with Gasteiger partial charge in [0.15, 0.2) is 5.82 Å². The van der Waals surface area contributed by atoms with Crippen LogP contribution in [0.4, 0.5) is 10.6 Å². The number of carbonyl (C=O) groups excluding carboxylic acids is 1. The second-order valence-electron chi connectivity index (χ2n) is 13.4. The predicted molar refractivity (Wildman–Crippen MR) is 143 cm³/mol. The molecule has 1 aromatic heterocycles. The lowest BCUT2D eigenvalue weighted by Crippen LogP contribution is -2.64. The minimum atomic E-state index is -0.443. The van der Waals surface area contributed by atoms with E-state index in [0.29, 0.717) is 12.1 Å². The fourth-order valence-electron chi connectivity index (χ4n) is 6.65. The Morgan fingerprint density at radius 1 is 1.14 bits per heavy atom. The average Bonchev–Trinajstić information content (AvgIpc) is 3.11. The molecular formula is C28H47N5O4. The number of hydrogen-bond donors (Lipinski definition) is 0. The fourth-order valence-corrected chi connectivity index (χ4v) is 6.65. The van der Waals surface area contributed by atoms with Crippen molar-refractivity contribution in [3.05, 3.63) is 11.8 Å². The molecule has 0 bridgehead atoms. The van der Waals surface area contributed by atoms with Gasteiger partial charge in [-0.15, -0.1) is 0 Å². The molecule has 0 unspecified atom stereocenters. The van der Waals surface area contributed by atoms with Gasteiger partial charge in [0.25, 0.3) is 0 Å². The van der Waals surface area contributed by atoms with E-state index in [2.05, 4.69) is 41.3 Å². The molecular weight excluding hydrogens is 470 g/mol. The van der Waals surface area contributed by atoms with Gasteiger partial charge in [-0.1, -0.05) is 0 Å². The first-order valence-electron chi connectivity index (χ1n) is 14.2. The van der Waals surface area contributed by atoms with Gasteiger partial charge in [-0.25, -0.2) is 4.79 Å². The highest BCUT2D eigenvalue weighted by molar-refractivity contribution is 5.69. The molecule has 3 saturated heterocycles. The summed E-state index contributed by atoms with van der Waals surface area (Å²) >= 11 is 0. The summed E-state index contributed by atoms with van der Waals surface area (Å²) in [6.07, 6.45) is 4.32. The van der Waals surface area contributed by atoms with Crippen LogP contribution in [0.1, 0.15) is 72.0 Å². The number of aromatic nitrogens is 2. The number of aryl methyl sites for hydroxylation is 1. The number of piperidine rings is 1. The molecule has 0 aromatic carbocycles. The number of hydrogen-bond acceptors (Lipinski definition) is 7. The number of ether oxygens (including phenoxy) is 3. The zero-order chi connectivity index (χ0) is 26.4. The number of carbonyl (C=O) groups is 1. The van der Waals surface area contributed by atoms with E-state index in [-0.39, 0.29) is 17.0 Å². The van der Waals surface area contributed by atoms with Crippen LogP contribution in [0.5, 0.6) is 0 Å². The van der Waals surface area contributed by atoms with Gasteiger partial charge < -0.3 is 24.0 Å². The molecule has 4 heterocycles. The number of nitrogens with zero attached hydrogens (tertiary/aromatic N) is 5. The first kappa shape index (κ1) is 26.8. The van der Waals surface area contributed by atoms with E-state index in [1.807, 2.05) is 25.7 Å². The number of amides is 1. The van der Waals surface area contributed by atoms with E-state index < -0.39 is 5.60 Å². The molecule has 1 aliphatic carbocycles. The first-order chi connectivity index (χ1) is 17.4. The molecule has 1 saturated carbocycles. The van der Waals surface area contributed by atoms with E-state index in [4.69, 9.17) is 19.3 Å². The van der Waals surface area contributed by atoms with E-state index in [9.17, 15) is 4.79 Å². The average molecular weight is 518 g/mol. The lowest BCUT2D eigenvalue weighted by atomic mass is 9.61. The van der Waals surface area contributed by atoms with Crippen molar-refractivity contribution >= 4 is 11.9 Å². The summed E-state index contributed by atoms with van der Waals surface area (Å²) in [5.74, 6) is 1.08. The van der Waals surface area contributed by atoms with Crippen LogP contribution in [0.15, 0.2) is 6.07 Å². The highest BCUT2D eigenvalue weighted by atomic mass is 16.6. The maximum Gasteiger partial charge on any atom is 0.410 e. The van der Waals surface area contributed by atoms with Crippen LogP contribution in [0.2, 0.25) is 0 Å². The summed E-state index contributed by atoms with van der Waals surface area (Å²) < 4.78 is 19.5. The molecule has 1 amide bonds. The summed E-state index contributed by atoms with van der Waals surface area (Å²) in [6.45, 7) is 20.6. The highest BCUT2D eigenvalue weighted by Gasteiger charge is 2.55. The maximum absolute atomic E-state index is 12.3. The molecule has 4 fully saturated rings. The van der Waals surface area contributed by atoms with Crippen molar-refractivity contribution in [2.75, 3.05) is 64.0 Å². The summed E-state index contributed by atoms with van der Waals surface area (Å²) in [5.41, 5.74) is 1.02. The zero-order valence-corrected chi connectivity index (χ0v) is 23.8. The molecule has 1 aromatic rings. The van der Waals surface area contributed by atoms with Crippen LogP contribution in [-0.2, 0) is 14.2 Å². The Morgan fingerprint density at radius 3 is 2.49 bits per heavy atom. The third-order valence-electron chi connectivity index (χ3n) is 8.57. The molecule has 1 atom stereocenters. The SMILES string of the molecule is Cc1cc(N2CC[C@H](OCCN3CCOCC3)CC2(C)C)nn1C1CC2(C1)CN(C(=O)OC(C)(C)C)C2.